The van der Waals surface area contributed by atoms with Gasteiger partial charge >= 0.3 is 23.9 Å². The largest absolute Gasteiger partial charge is 0.468 e. The molecule has 0 aromatic heterocycles. The lowest BCUT2D eigenvalue weighted by atomic mass is 9.97. The molecule has 37 heavy (non-hydrogen) atoms. The van der Waals surface area contributed by atoms with Crippen molar-refractivity contribution in [3.63, 3.8) is 0 Å². The number of nitrogens with one attached hydrogen (secondary N) is 1. The van der Waals surface area contributed by atoms with Crippen molar-refractivity contribution >= 4 is 23.9 Å². The molecule has 1 aromatic carbocycles. The first-order chi connectivity index (χ1) is 17.2. The first-order valence-corrected chi connectivity index (χ1v) is 12.7. The fourth-order valence-corrected chi connectivity index (χ4v) is 2.96. The molecule has 0 unspecified atom stereocenters. The molecule has 1 aromatic rings. The number of esters is 4. The quantitative estimate of drug-likeness (QED) is 0.229. The van der Waals surface area contributed by atoms with Gasteiger partial charge in [0.1, 0.15) is 12.6 Å². The van der Waals surface area contributed by atoms with Crippen LogP contribution in [0.3, 0.4) is 0 Å². The van der Waals surface area contributed by atoms with Crippen LogP contribution < -0.4 is 14.8 Å². The molecule has 0 aliphatic heterocycles. The molecule has 1 rings (SSSR count). The predicted molar refractivity (Wildman–Crippen MR) is 139 cm³/mol. The Morgan fingerprint density at radius 3 is 2.03 bits per heavy atom. The Morgan fingerprint density at radius 1 is 0.892 bits per heavy atom. The highest BCUT2D eigenvalue weighted by atomic mass is 16.6. The molecule has 0 amide bonds. The monoisotopic (exact) mass is 521 g/mol. The number of benzene rings is 1. The van der Waals surface area contributed by atoms with E-state index in [0.29, 0.717) is 12.0 Å². The molecule has 0 saturated carbocycles. The van der Waals surface area contributed by atoms with Crippen molar-refractivity contribution in [3.05, 3.63) is 23.8 Å². The van der Waals surface area contributed by atoms with E-state index in [-0.39, 0.29) is 37.0 Å². The van der Waals surface area contributed by atoms with Crippen LogP contribution in [0.2, 0.25) is 0 Å². The summed E-state index contributed by atoms with van der Waals surface area (Å²) in [5.41, 5.74) is -0.902. The number of unbranched alkanes of at least 4 members (excludes halogenated alkanes) is 2. The zero-order valence-corrected chi connectivity index (χ0v) is 23.5. The van der Waals surface area contributed by atoms with E-state index in [1.807, 2.05) is 0 Å². The summed E-state index contributed by atoms with van der Waals surface area (Å²) in [5.74, 6) is -1.55. The summed E-state index contributed by atoms with van der Waals surface area (Å²) in [6, 6.07) is 4.06. The molecule has 0 heterocycles. The number of ether oxygens (including phenoxy) is 4. The van der Waals surface area contributed by atoms with Crippen LogP contribution in [0.4, 0.5) is 0 Å². The Kier molecular flexibility index (Phi) is 12.8. The van der Waals surface area contributed by atoms with E-state index in [0.717, 1.165) is 19.3 Å². The zero-order valence-electron chi connectivity index (χ0n) is 23.5. The van der Waals surface area contributed by atoms with E-state index in [1.165, 1.54) is 13.2 Å². The van der Waals surface area contributed by atoms with E-state index >= 15 is 0 Å². The van der Waals surface area contributed by atoms with Gasteiger partial charge in [-0.3, -0.25) is 19.2 Å². The van der Waals surface area contributed by atoms with Crippen LogP contribution in [0.1, 0.15) is 79.7 Å². The Labute approximate surface area is 220 Å². The van der Waals surface area contributed by atoms with Crippen LogP contribution in [0.15, 0.2) is 18.2 Å². The molecule has 9 heteroatoms. The van der Waals surface area contributed by atoms with Crippen molar-refractivity contribution in [1.29, 1.82) is 0 Å². The second-order valence-electron chi connectivity index (χ2n) is 11.0. The van der Waals surface area contributed by atoms with Crippen LogP contribution in [0, 0.1) is 10.8 Å². The highest BCUT2D eigenvalue weighted by Gasteiger charge is 2.29. The summed E-state index contributed by atoms with van der Waals surface area (Å²) < 4.78 is 21.2. The Bertz CT molecular complexity index is 927. The highest BCUT2D eigenvalue weighted by Crippen LogP contribution is 2.33. The highest BCUT2D eigenvalue weighted by molar-refractivity contribution is 5.81. The Hall–Kier alpha value is -2.94. The molecule has 0 radical (unpaired) electrons. The summed E-state index contributed by atoms with van der Waals surface area (Å²) in [4.78, 5) is 49.2. The lowest BCUT2D eigenvalue weighted by Gasteiger charge is -2.21. The molecular formula is C28H43NO8. The molecule has 0 aliphatic carbocycles. The predicted octanol–water partition coefficient (Wildman–Crippen LogP) is 4.39. The molecule has 0 saturated heterocycles. The molecule has 0 bridgehead atoms. The molecular weight excluding hydrogens is 478 g/mol. The van der Waals surface area contributed by atoms with Crippen LogP contribution in [0.25, 0.3) is 0 Å². The van der Waals surface area contributed by atoms with Gasteiger partial charge in [0.15, 0.2) is 11.5 Å². The average Bonchev–Trinajstić information content (AvgIpc) is 2.80. The van der Waals surface area contributed by atoms with Crippen LogP contribution >= 0.6 is 0 Å². The van der Waals surface area contributed by atoms with Crippen molar-refractivity contribution in [3.8, 4) is 11.5 Å². The Balaban J connectivity index is 3.00. The fraction of sp³-hybridized carbons (Fsp3) is 0.643. The number of hydrogen-bond donors (Lipinski definition) is 1. The maximum atomic E-state index is 12.6. The van der Waals surface area contributed by atoms with Crippen molar-refractivity contribution in [2.75, 3.05) is 20.3 Å². The lowest BCUT2D eigenvalue weighted by Crippen LogP contribution is -2.41. The number of carbonyl (C=O) groups is 4. The first kappa shape index (κ1) is 32.1. The van der Waals surface area contributed by atoms with E-state index in [2.05, 4.69) is 12.2 Å². The normalized spacial score (nSPS) is 12.4. The van der Waals surface area contributed by atoms with Crippen LogP contribution in [-0.2, 0) is 35.1 Å². The third-order valence-corrected chi connectivity index (χ3v) is 5.30. The fourth-order valence-electron chi connectivity index (χ4n) is 2.96. The number of carbonyl (C=O) groups excluding carboxylic acids is 4. The Morgan fingerprint density at radius 2 is 1.49 bits per heavy atom. The minimum absolute atomic E-state index is 0.0830. The molecule has 1 atom stereocenters. The molecule has 208 valence electrons. The molecule has 0 fully saturated rings. The van der Waals surface area contributed by atoms with Gasteiger partial charge in [-0.25, -0.2) is 0 Å². The van der Waals surface area contributed by atoms with Gasteiger partial charge < -0.3 is 24.3 Å². The van der Waals surface area contributed by atoms with E-state index < -0.39 is 34.8 Å². The SMILES string of the molecule is CCCCCC(=O)OCCN[C@@H](Cc1ccc(OC(=O)C(C)(C)C)c(OC(=O)C(C)(C)C)c1)C(=O)OC. The van der Waals surface area contributed by atoms with Crippen molar-refractivity contribution in [1.82, 2.24) is 5.32 Å². The minimum atomic E-state index is -0.786. The van der Waals surface area contributed by atoms with Crippen LogP contribution in [0.5, 0.6) is 11.5 Å². The van der Waals surface area contributed by atoms with E-state index in [4.69, 9.17) is 18.9 Å². The van der Waals surface area contributed by atoms with Gasteiger partial charge in [0.05, 0.1) is 17.9 Å². The molecule has 1 N–H and O–H groups in total. The van der Waals surface area contributed by atoms with Crippen molar-refractivity contribution in [2.24, 2.45) is 10.8 Å². The number of rotatable bonds is 13. The van der Waals surface area contributed by atoms with Gasteiger partial charge in [-0.1, -0.05) is 25.8 Å². The standard InChI is InChI=1S/C28H43NO8/c1-9-10-11-12-23(30)35-16-15-29-20(24(31)34-8)17-19-13-14-21(36-25(32)27(2,3)4)22(18-19)37-26(33)28(5,6)7/h13-14,18,20,29H,9-12,15-17H2,1-8H3/t20-/m0/s1. The van der Waals surface area contributed by atoms with Gasteiger partial charge in [0.25, 0.3) is 0 Å². The average molecular weight is 522 g/mol. The third kappa shape index (κ3) is 11.8. The van der Waals surface area contributed by atoms with Gasteiger partial charge in [0, 0.05) is 13.0 Å². The zero-order chi connectivity index (χ0) is 28.2. The molecule has 0 spiro atoms. The number of methoxy groups -OCH3 is 1. The number of hydrogen-bond acceptors (Lipinski definition) is 9. The summed E-state index contributed by atoms with van der Waals surface area (Å²) in [6.07, 6.45) is 3.35. The van der Waals surface area contributed by atoms with Crippen LogP contribution in [-0.4, -0.2) is 50.2 Å². The van der Waals surface area contributed by atoms with E-state index in [9.17, 15) is 19.2 Å². The van der Waals surface area contributed by atoms with Gasteiger partial charge in [-0.15, -0.1) is 0 Å². The lowest BCUT2D eigenvalue weighted by molar-refractivity contribution is -0.145. The van der Waals surface area contributed by atoms with Gasteiger partial charge in [0.2, 0.25) is 0 Å². The molecule has 0 aliphatic rings. The van der Waals surface area contributed by atoms with Gasteiger partial charge in [-0.05, 0) is 72.1 Å². The minimum Gasteiger partial charge on any atom is -0.468 e. The maximum absolute atomic E-state index is 12.6. The topological polar surface area (TPSA) is 117 Å². The summed E-state index contributed by atoms with van der Waals surface area (Å²) in [7, 11) is 1.29. The first-order valence-electron chi connectivity index (χ1n) is 12.7. The smallest absolute Gasteiger partial charge is 0.323 e. The third-order valence-electron chi connectivity index (χ3n) is 5.30. The van der Waals surface area contributed by atoms with Gasteiger partial charge in [-0.2, -0.15) is 0 Å². The summed E-state index contributed by atoms with van der Waals surface area (Å²) >= 11 is 0. The second-order valence-corrected chi connectivity index (χ2v) is 11.0. The summed E-state index contributed by atoms with van der Waals surface area (Å²) in [5, 5.41) is 3.05. The second kappa shape index (κ2) is 14.7. The van der Waals surface area contributed by atoms with Crippen molar-refractivity contribution < 1.29 is 38.1 Å². The molecule has 9 nitrogen and oxygen atoms in total. The maximum Gasteiger partial charge on any atom is 0.323 e. The van der Waals surface area contributed by atoms with E-state index in [1.54, 1.807) is 53.7 Å². The summed E-state index contributed by atoms with van der Waals surface area (Å²) in [6.45, 7) is 12.8. The van der Waals surface area contributed by atoms with Crippen molar-refractivity contribution in [2.45, 2.75) is 86.6 Å².